The summed E-state index contributed by atoms with van der Waals surface area (Å²) in [5, 5.41) is 1.17. The number of anilines is 1. The molecule has 1 atom stereocenters. The molecule has 1 aliphatic rings. The van der Waals surface area contributed by atoms with Gasteiger partial charge in [-0.15, -0.1) is 11.3 Å². The van der Waals surface area contributed by atoms with Gasteiger partial charge in [0.05, 0.1) is 0 Å². The van der Waals surface area contributed by atoms with Crippen LogP contribution in [0.2, 0.25) is 0 Å². The second kappa shape index (κ2) is 6.02. The minimum Gasteiger partial charge on any atom is -0.345 e. The van der Waals surface area contributed by atoms with Gasteiger partial charge < -0.3 is 10.6 Å². The van der Waals surface area contributed by atoms with Crippen LogP contribution in [0.1, 0.15) is 57.4 Å². The van der Waals surface area contributed by atoms with Crippen molar-refractivity contribution in [2.45, 2.75) is 58.5 Å². The molecule has 102 valence electrons. The minimum atomic E-state index is 0.0979. The van der Waals surface area contributed by atoms with Gasteiger partial charge in [-0.05, 0) is 25.7 Å². The molecule has 1 aliphatic carbocycles. The predicted octanol–water partition coefficient (Wildman–Crippen LogP) is 3.57. The summed E-state index contributed by atoms with van der Waals surface area (Å²) in [4.78, 5) is 8.31. The molecule has 1 aromatic rings. The van der Waals surface area contributed by atoms with Crippen LogP contribution in [0.15, 0.2) is 6.20 Å². The van der Waals surface area contributed by atoms with E-state index in [-0.39, 0.29) is 6.04 Å². The lowest BCUT2D eigenvalue weighted by molar-refractivity contribution is 0.535. The van der Waals surface area contributed by atoms with Crippen LogP contribution in [0, 0.1) is 5.92 Å². The zero-order chi connectivity index (χ0) is 13.1. The van der Waals surface area contributed by atoms with Crippen molar-refractivity contribution in [2.75, 3.05) is 11.4 Å². The number of aromatic nitrogens is 1. The van der Waals surface area contributed by atoms with Crippen molar-refractivity contribution in [1.29, 1.82) is 0 Å². The van der Waals surface area contributed by atoms with Crippen LogP contribution >= 0.6 is 11.3 Å². The van der Waals surface area contributed by atoms with Gasteiger partial charge in [-0.25, -0.2) is 4.98 Å². The molecule has 1 unspecified atom stereocenters. The maximum atomic E-state index is 5.93. The smallest absolute Gasteiger partial charge is 0.185 e. The van der Waals surface area contributed by atoms with E-state index in [9.17, 15) is 0 Å². The van der Waals surface area contributed by atoms with Crippen LogP contribution in [0.5, 0.6) is 0 Å². The van der Waals surface area contributed by atoms with E-state index in [4.69, 9.17) is 5.73 Å². The average Bonchev–Trinajstić information content (AvgIpc) is 2.97. The molecule has 1 saturated carbocycles. The number of hydrogen-bond donors (Lipinski definition) is 1. The van der Waals surface area contributed by atoms with Crippen LogP contribution < -0.4 is 10.6 Å². The molecule has 0 radical (unpaired) electrons. The normalized spacial score (nSPS) is 18.5. The molecule has 0 amide bonds. The Labute approximate surface area is 114 Å². The summed E-state index contributed by atoms with van der Waals surface area (Å²) < 4.78 is 0. The molecule has 1 aromatic heterocycles. The fourth-order valence-corrected chi connectivity index (χ4v) is 3.56. The number of thiazole rings is 1. The van der Waals surface area contributed by atoms with Crippen molar-refractivity contribution in [2.24, 2.45) is 11.7 Å². The van der Waals surface area contributed by atoms with E-state index < -0.39 is 0 Å². The van der Waals surface area contributed by atoms with Gasteiger partial charge in [0.2, 0.25) is 0 Å². The van der Waals surface area contributed by atoms with E-state index >= 15 is 0 Å². The fraction of sp³-hybridized carbons (Fsp3) is 0.786. The first-order valence-electron chi connectivity index (χ1n) is 7.06. The Morgan fingerprint density at radius 2 is 2.06 bits per heavy atom. The lowest BCUT2D eigenvalue weighted by Crippen LogP contribution is -2.36. The summed E-state index contributed by atoms with van der Waals surface area (Å²) in [7, 11) is 0. The predicted molar refractivity (Wildman–Crippen MR) is 79.2 cm³/mol. The molecule has 0 spiro atoms. The van der Waals surface area contributed by atoms with Crippen molar-refractivity contribution in [3.05, 3.63) is 11.1 Å². The van der Waals surface area contributed by atoms with Crippen LogP contribution in [0.3, 0.4) is 0 Å². The molecule has 2 rings (SSSR count). The van der Waals surface area contributed by atoms with Crippen molar-refractivity contribution in [1.82, 2.24) is 4.98 Å². The SMILES string of the molecule is CC(C)CN(c1ncc(C(C)N)s1)C1CCCC1. The summed E-state index contributed by atoms with van der Waals surface area (Å²) >= 11 is 1.77. The summed E-state index contributed by atoms with van der Waals surface area (Å²) in [6, 6.07) is 0.792. The van der Waals surface area contributed by atoms with E-state index in [0.717, 1.165) is 6.54 Å². The highest BCUT2D eigenvalue weighted by atomic mass is 32.1. The van der Waals surface area contributed by atoms with Gasteiger partial charge in [0.15, 0.2) is 5.13 Å². The highest BCUT2D eigenvalue weighted by molar-refractivity contribution is 7.15. The Hall–Kier alpha value is -0.610. The third-order valence-corrected chi connectivity index (χ3v) is 4.77. The standard InChI is InChI=1S/C14H25N3S/c1-10(2)9-17(12-6-4-5-7-12)14-16-8-13(18-14)11(3)15/h8,10-12H,4-7,9,15H2,1-3H3. The van der Waals surface area contributed by atoms with Crippen LogP contribution in [0.4, 0.5) is 5.13 Å². The second-order valence-corrected chi connectivity index (χ2v) is 6.86. The molecule has 1 heterocycles. The summed E-state index contributed by atoms with van der Waals surface area (Å²) in [6.07, 6.45) is 7.32. The molecule has 0 aromatic carbocycles. The zero-order valence-electron chi connectivity index (χ0n) is 11.7. The quantitative estimate of drug-likeness (QED) is 0.887. The van der Waals surface area contributed by atoms with Gasteiger partial charge in [0.25, 0.3) is 0 Å². The van der Waals surface area contributed by atoms with Gasteiger partial charge in [0.1, 0.15) is 0 Å². The first kappa shape index (κ1) is 13.8. The largest absolute Gasteiger partial charge is 0.345 e. The number of nitrogens with two attached hydrogens (primary N) is 1. The van der Waals surface area contributed by atoms with E-state index in [1.165, 1.54) is 35.7 Å². The Bertz CT molecular complexity index is 367. The Kier molecular flexibility index (Phi) is 4.62. The maximum Gasteiger partial charge on any atom is 0.185 e. The Morgan fingerprint density at radius 1 is 1.39 bits per heavy atom. The highest BCUT2D eigenvalue weighted by Crippen LogP contribution is 2.33. The highest BCUT2D eigenvalue weighted by Gasteiger charge is 2.25. The summed E-state index contributed by atoms with van der Waals surface area (Å²) in [6.45, 7) is 7.69. The molecule has 0 bridgehead atoms. The van der Waals surface area contributed by atoms with Crippen molar-refractivity contribution >= 4 is 16.5 Å². The van der Waals surface area contributed by atoms with Gasteiger partial charge in [-0.1, -0.05) is 26.7 Å². The van der Waals surface area contributed by atoms with E-state index in [1.807, 2.05) is 13.1 Å². The van der Waals surface area contributed by atoms with Crippen molar-refractivity contribution in [3.8, 4) is 0 Å². The first-order valence-corrected chi connectivity index (χ1v) is 7.87. The molecule has 2 N–H and O–H groups in total. The van der Waals surface area contributed by atoms with E-state index in [1.54, 1.807) is 11.3 Å². The van der Waals surface area contributed by atoms with Gasteiger partial charge in [-0.3, -0.25) is 0 Å². The zero-order valence-corrected chi connectivity index (χ0v) is 12.5. The van der Waals surface area contributed by atoms with Crippen molar-refractivity contribution in [3.63, 3.8) is 0 Å². The monoisotopic (exact) mass is 267 g/mol. The lowest BCUT2D eigenvalue weighted by Gasteiger charge is -2.30. The second-order valence-electron chi connectivity index (χ2n) is 5.82. The molecular weight excluding hydrogens is 242 g/mol. The lowest BCUT2D eigenvalue weighted by atomic mass is 10.1. The number of rotatable bonds is 5. The molecule has 18 heavy (non-hydrogen) atoms. The molecular formula is C14H25N3S. The van der Waals surface area contributed by atoms with Crippen LogP contribution in [-0.4, -0.2) is 17.6 Å². The van der Waals surface area contributed by atoms with Crippen molar-refractivity contribution < 1.29 is 0 Å². The topological polar surface area (TPSA) is 42.2 Å². The maximum absolute atomic E-state index is 5.93. The molecule has 4 heteroatoms. The van der Waals surface area contributed by atoms with Gasteiger partial charge in [0, 0.05) is 29.7 Å². The van der Waals surface area contributed by atoms with E-state index in [2.05, 4.69) is 23.7 Å². The molecule has 1 fully saturated rings. The Balaban J connectivity index is 2.15. The fourth-order valence-electron chi connectivity index (χ4n) is 2.61. The van der Waals surface area contributed by atoms with Crippen LogP contribution in [-0.2, 0) is 0 Å². The number of hydrogen-bond acceptors (Lipinski definition) is 4. The average molecular weight is 267 g/mol. The summed E-state index contributed by atoms with van der Waals surface area (Å²) in [5.41, 5.74) is 5.93. The van der Waals surface area contributed by atoms with Crippen LogP contribution in [0.25, 0.3) is 0 Å². The third kappa shape index (κ3) is 3.23. The van der Waals surface area contributed by atoms with Gasteiger partial charge in [-0.2, -0.15) is 0 Å². The summed E-state index contributed by atoms with van der Waals surface area (Å²) in [5.74, 6) is 0.674. The van der Waals surface area contributed by atoms with Gasteiger partial charge >= 0.3 is 0 Å². The Morgan fingerprint density at radius 3 is 2.56 bits per heavy atom. The third-order valence-electron chi connectivity index (χ3n) is 3.53. The molecule has 0 aliphatic heterocycles. The number of nitrogens with zero attached hydrogens (tertiary/aromatic N) is 2. The molecule has 3 nitrogen and oxygen atoms in total. The minimum absolute atomic E-state index is 0.0979. The first-order chi connectivity index (χ1) is 8.58. The molecule has 0 saturated heterocycles. The van der Waals surface area contributed by atoms with E-state index in [0.29, 0.717) is 12.0 Å².